The molecule has 3 atom stereocenters. The first-order valence-corrected chi connectivity index (χ1v) is 14.1. The summed E-state index contributed by atoms with van der Waals surface area (Å²) >= 11 is 0. The molecule has 3 rings (SSSR count). The van der Waals surface area contributed by atoms with Crippen LogP contribution in [-0.4, -0.2) is 75.7 Å². The van der Waals surface area contributed by atoms with E-state index < -0.39 is 32.2 Å². The number of aliphatic hydroxyl groups excluding tert-OH is 1. The second-order valence-electron chi connectivity index (χ2n) is 8.56. The lowest BCUT2D eigenvalue weighted by molar-refractivity contribution is 0.0905. The largest absolute Gasteiger partial charge is 0.487 e. The molecule has 1 aliphatic rings. The number of hydrogen-bond acceptors (Lipinski definition) is 6. The van der Waals surface area contributed by atoms with Crippen molar-refractivity contribution in [2.45, 2.75) is 30.9 Å². The first kappa shape index (κ1) is 26.2. The normalized spacial score (nSPS) is 21.4. The van der Waals surface area contributed by atoms with E-state index in [4.69, 9.17) is 4.74 Å². The number of aliphatic hydroxyl groups is 1. The molecule has 1 N–H and O–H groups in total. The fourth-order valence-electron chi connectivity index (χ4n) is 3.58. The Bertz CT molecular complexity index is 1280. The predicted octanol–water partition coefficient (Wildman–Crippen LogP) is 1.75. The molecule has 0 unspecified atom stereocenters. The van der Waals surface area contributed by atoms with Crippen LogP contribution in [0.4, 0.5) is 0 Å². The van der Waals surface area contributed by atoms with Crippen LogP contribution >= 0.6 is 0 Å². The second-order valence-corrected chi connectivity index (χ2v) is 12.5. The third-order valence-corrected chi connectivity index (χ3v) is 9.10. The average Bonchev–Trinajstić information content (AvgIpc) is 2.79. The summed E-state index contributed by atoms with van der Waals surface area (Å²) in [6.07, 6.45) is 0.482. The highest BCUT2D eigenvalue weighted by Gasteiger charge is 2.38. The summed E-state index contributed by atoms with van der Waals surface area (Å²) in [5, 5.41) is 9.71. The van der Waals surface area contributed by atoms with Gasteiger partial charge in [-0.3, -0.25) is 0 Å². The van der Waals surface area contributed by atoms with Crippen molar-refractivity contribution in [2.75, 3.05) is 33.0 Å². The molecular weight excluding hydrogens is 476 g/mol. The van der Waals surface area contributed by atoms with E-state index in [0.717, 1.165) is 11.8 Å². The lowest BCUT2D eigenvalue weighted by atomic mass is 10.0. The number of likely N-dealkylation sites (N-methyl/N-ethyl adjacent to an activating group) is 1. The summed E-state index contributed by atoms with van der Waals surface area (Å²) in [5.74, 6) is 5.81. The van der Waals surface area contributed by atoms with Crippen molar-refractivity contribution >= 4 is 20.0 Å². The quantitative estimate of drug-likeness (QED) is 0.620. The highest BCUT2D eigenvalue weighted by molar-refractivity contribution is 7.89. The van der Waals surface area contributed by atoms with Crippen LogP contribution < -0.4 is 4.74 Å². The zero-order chi connectivity index (χ0) is 25.1. The summed E-state index contributed by atoms with van der Waals surface area (Å²) in [7, 11) is -6.00. The van der Waals surface area contributed by atoms with E-state index in [2.05, 4.69) is 11.8 Å². The zero-order valence-corrected chi connectivity index (χ0v) is 21.3. The minimum Gasteiger partial charge on any atom is -0.487 e. The van der Waals surface area contributed by atoms with Gasteiger partial charge < -0.3 is 9.84 Å². The number of benzene rings is 2. The summed E-state index contributed by atoms with van der Waals surface area (Å²) in [4.78, 5) is -0.0445. The molecule has 0 saturated carbocycles. The molecular formula is C24H30N2O6S2. The highest BCUT2D eigenvalue weighted by atomic mass is 32.2. The standard InChI is InChI=1S/C24H30N2O6S2/c1-18-15-26(19(2)17-27)34(30,31)24-13-12-21(11-10-20-8-6-5-7-9-20)14-22(24)32-23(18)16-25(3)33(4,28)29/h5-9,12-14,18-19,23,27H,15-17H2,1-4H3/t18-,19+,23-/m1/s1. The van der Waals surface area contributed by atoms with Gasteiger partial charge in [0.2, 0.25) is 20.0 Å². The van der Waals surface area contributed by atoms with Gasteiger partial charge in [-0.05, 0) is 37.3 Å². The van der Waals surface area contributed by atoms with Crippen LogP contribution in [0.3, 0.4) is 0 Å². The van der Waals surface area contributed by atoms with Crippen molar-refractivity contribution in [3.05, 3.63) is 59.7 Å². The Morgan fingerprint density at radius 1 is 1.18 bits per heavy atom. The summed E-state index contributed by atoms with van der Waals surface area (Å²) in [5.41, 5.74) is 1.37. The van der Waals surface area contributed by atoms with E-state index in [1.165, 1.54) is 21.7 Å². The van der Waals surface area contributed by atoms with Crippen LogP contribution in [-0.2, 0) is 20.0 Å². The number of hydrogen-bond donors (Lipinski definition) is 1. The molecule has 0 saturated heterocycles. The third kappa shape index (κ3) is 5.98. The zero-order valence-electron chi connectivity index (χ0n) is 19.7. The topological polar surface area (TPSA) is 104 Å². The molecule has 0 fully saturated rings. The molecule has 1 aliphatic heterocycles. The molecule has 0 radical (unpaired) electrons. The maximum atomic E-state index is 13.5. The number of ether oxygens (including phenoxy) is 1. The maximum absolute atomic E-state index is 13.5. The molecule has 1 heterocycles. The van der Waals surface area contributed by atoms with Gasteiger partial charge in [-0.25, -0.2) is 21.1 Å². The molecule has 0 aliphatic carbocycles. The predicted molar refractivity (Wildman–Crippen MR) is 130 cm³/mol. The molecule has 0 spiro atoms. The fraction of sp³-hybridized carbons (Fsp3) is 0.417. The Balaban J connectivity index is 2.09. The molecule has 184 valence electrons. The molecule has 2 aromatic carbocycles. The van der Waals surface area contributed by atoms with Crippen LogP contribution in [0.2, 0.25) is 0 Å². The van der Waals surface area contributed by atoms with E-state index in [1.807, 2.05) is 30.3 Å². The second kappa shape index (κ2) is 10.5. The maximum Gasteiger partial charge on any atom is 0.247 e. The number of nitrogens with zero attached hydrogens (tertiary/aromatic N) is 2. The Morgan fingerprint density at radius 3 is 2.44 bits per heavy atom. The average molecular weight is 507 g/mol. The molecule has 2 aromatic rings. The van der Waals surface area contributed by atoms with Gasteiger partial charge in [0.05, 0.1) is 19.4 Å². The highest BCUT2D eigenvalue weighted by Crippen LogP contribution is 2.34. The Morgan fingerprint density at radius 2 is 1.82 bits per heavy atom. The van der Waals surface area contributed by atoms with Crippen molar-refractivity contribution in [3.63, 3.8) is 0 Å². The van der Waals surface area contributed by atoms with Gasteiger partial charge in [-0.1, -0.05) is 37.0 Å². The first-order valence-electron chi connectivity index (χ1n) is 10.8. The van der Waals surface area contributed by atoms with Crippen LogP contribution in [0.1, 0.15) is 25.0 Å². The van der Waals surface area contributed by atoms with Gasteiger partial charge in [0.15, 0.2) is 0 Å². The van der Waals surface area contributed by atoms with Gasteiger partial charge in [0.25, 0.3) is 0 Å². The Kier molecular flexibility index (Phi) is 8.06. The van der Waals surface area contributed by atoms with Crippen LogP contribution in [0.15, 0.2) is 53.4 Å². The van der Waals surface area contributed by atoms with Gasteiger partial charge >= 0.3 is 0 Å². The van der Waals surface area contributed by atoms with Crippen molar-refractivity contribution in [2.24, 2.45) is 5.92 Å². The molecule has 34 heavy (non-hydrogen) atoms. The van der Waals surface area contributed by atoms with Crippen LogP contribution in [0.25, 0.3) is 0 Å². The van der Waals surface area contributed by atoms with Crippen molar-refractivity contribution < 1.29 is 26.7 Å². The Labute approximate surface area is 202 Å². The van der Waals surface area contributed by atoms with Crippen molar-refractivity contribution in [1.29, 1.82) is 0 Å². The minimum absolute atomic E-state index is 0.0424. The van der Waals surface area contributed by atoms with Crippen LogP contribution in [0.5, 0.6) is 5.75 Å². The third-order valence-electron chi connectivity index (χ3n) is 5.80. The number of rotatable bonds is 5. The van der Waals surface area contributed by atoms with Gasteiger partial charge in [-0.2, -0.15) is 4.31 Å². The lowest BCUT2D eigenvalue weighted by Gasteiger charge is -2.37. The smallest absolute Gasteiger partial charge is 0.247 e. The molecule has 0 aromatic heterocycles. The molecule has 0 amide bonds. The number of sulfonamides is 2. The first-order chi connectivity index (χ1) is 15.9. The van der Waals surface area contributed by atoms with E-state index >= 15 is 0 Å². The summed E-state index contributed by atoms with van der Waals surface area (Å²) < 4.78 is 59.6. The molecule has 10 heteroatoms. The Hall–Kier alpha value is -2.42. The van der Waals surface area contributed by atoms with E-state index in [-0.39, 0.29) is 36.3 Å². The molecule has 0 bridgehead atoms. The van der Waals surface area contributed by atoms with Gasteiger partial charge in [-0.15, -0.1) is 0 Å². The summed E-state index contributed by atoms with van der Waals surface area (Å²) in [6.45, 7) is 3.19. The van der Waals surface area contributed by atoms with E-state index in [1.54, 1.807) is 26.0 Å². The fourth-order valence-corrected chi connectivity index (χ4v) is 5.82. The SMILES string of the molecule is C[C@@H]1CN([C@@H](C)CO)S(=O)(=O)c2ccc(C#Cc3ccccc3)cc2O[C@@H]1CN(C)S(C)(=O)=O. The van der Waals surface area contributed by atoms with Crippen molar-refractivity contribution in [3.8, 4) is 17.6 Å². The van der Waals surface area contributed by atoms with Gasteiger partial charge in [0.1, 0.15) is 16.7 Å². The van der Waals surface area contributed by atoms with Crippen molar-refractivity contribution in [1.82, 2.24) is 8.61 Å². The number of fused-ring (bicyclic) bond motifs is 1. The van der Waals surface area contributed by atoms with E-state index in [0.29, 0.717) is 5.56 Å². The lowest BCUT2D eigenvalue weighted by Crippen LogP contribution is -2.50. The van der Waals surface area contributed by atoms with Crippen LogP contribution in [0, 0.1) is 17.8 Å². The monoisotopic (exact) mass is 506 g/mol. The van der Waals surface area contributed by atoms with Gasteiger partial charge in [0, 0.05) is 36.7 Å². The minimum atomic E-state index is -3.98. The van der Waals surface area contributed by atoms with E-state index in [9.17, 15) is 21.9 Å². The summed E-state index contributed by atoms with van der Waals surface area (Å²) in [6, 6.07) is 13.3. The molecule has 8 nitrogen and oxygen atoms in total.